The highest BCUT2D eigenvalue weighted by molar-refractivity contribution is 5.74. The fourth-order valence-corrected chi connectivity index (χ4v) is 4.21. The van der Waals surface area contributed by atoms with Gasteiger partial charge in [0.15, 0.2) is 0 Å². The first-order chi connectivity index (χ1) is 14.3. The van der Waals surface area contributed by atoms with Crippen LogP contribution in [-0.4, -0.2) is 11.6 Å². The molecule has 3 rings (SSSR count). The summed E-state index contributed by atoms with van der Waals surface area (Å²) < 4.78 is 11.6. The van der Waals surface area contributed by atoms with Crippen LogP contribution < -0.4 is 9.47 Å². The third-order valence-electron chi connectivity index (χ3n) is 6.46. The molecule has 0 heterocycles. The molecule has 3 heteroatoms. The Kier molecular flexibility index (Phi) is 6.90. The number of carbonyl (C=O) groups excluding carboxylic acids is 1. The van der Waals surface area contributed by atoms with Gasteiger partial charge in [0.25, 0.3) is 0 Å². The van der Waals surface area contributed by atoms with Crippen molar-refractivity contribution in [3.8, 4) is 11.5 Å². The fraction of sp³-hybridized carbons (Fsp3) is 0.519. The van der Waals surface area contributed by atoms with E-state index in [0.717, 1.165) is 25.0 Å². The van der Waals surface area contributed by atoms with E-state index in [4.69, 9.17) is 9.47 Å². The van der Waals surface area contributed by atoms with Gasteiger partial charge in [-0.1, -0.05) is 64.3 Å². The maximum Gasteiger partial charge on any atom is 0.313 e. The van der Waals surface area contributed by atoms with E-state index in [1.165, 1.54) is 30.4 Å². The van der Waals surface area contributed by atoms with Crippen molar-refractivity contribution < 1.29 is 14.3 Å². The van der Waals surface area contributed by atoms with Crippen LogP contribution in [-0.2, 0) is 10.2 Å². The second-order valence-electron chi connectivity index (χ2n) is 9.48. The van der Waals surface area contributed by atoms with Gasteiger partial charge < -0.3 is 9.47 Å². The summed E-state index contributed by atoms with van der Waals surface area (Å²) >= 11 is 0. The topological polar surface area (TPSA) is 35.5 Å². The lowest BCUT2D eigenvalue weighted by molar-refractivity contribution is -0.137. The Bertz CT molecular complexity index is 825. The van der Waals surface area contributed by atoms with E-state index in [1.54, 1.807) is 0 Å². The molecule has 0 aromatic heterocycles. The highest BCUT2D eigenvalue weighted by Gasteiger charge is 2.35. The molecule has 1 aliphatic carbocycles. The van der Waals surface area contributed by atoms with Gasteiger partial charge in [-0.2, -0.15) is 0 Å². The molecular weight excluding hydrogens is 372 g/mol. The number of rotatable bonds is 7. The molecule has 0 unspecified atom stereocenters. The molecule has 0 aliphatic heterocycles. The summed E-state index contributed by atoms with van der Waals surface area (Å²) in [6.07, 6.45) is 6.98. The standard InChI is InChI=1S/C27H36O3/c1-6-26(4,5)30-24-16-12-22(13-17-24)27(18-8-7-9-19-27)21-10-14-23(15-11-21)29-25(28)20(2)3/h10-17,20H,6-9,18-19H2,1-5H3. The molecule has 1 fully saturated rings. The maximum atomic E-state index is 11.9. The summed E-state index contributed by atoms with van der Waals surface area (Å²) in [4.78, 5) is 11.9. The van der Waals surface area contributed by atoms with Gasteiger partial charge in [0.1, 0.15) is 17.1 Å². The first-order valence-corrected chi connectivity index (χ1v) is 11.4. The molecule has 0 N–H and O–H groups in total. The Labute approximate surface area is 181 Å². The number of benzene rings is 2. The van der Waals surface area contributed by atoms with E-state index >= 15 is 0 Å². The molecule has 1 aliphatic rings. The smallest absolute Gasteiger partial charge is 0.313 e. The third kappa shape index (κ3) is 5.06. The van der Waals surface area contributed by atoms with Crippen molar-refractivity contribution in [3.63, 3.8) is 0 Å². The molecule has 3 nitrogen and oxygen atoms in total. The van der Waals surface area contributed by atoms with Crippen LogP contribution in [0.3, 0.4) is 0 Å². The quantitative estimate of drug-likeness (QED) is 0.363. The lowest BCUT2D eigenvalue weighted by atomic mass is 9.65. The van der Waals surface area contributed by atoms with Crippen LogP contribution in [0.4, 0.5) is 0 Å². The van der Waals surface area contributed by atoms with Crippen LogP contribution in [0.5, 0.6) is 11.5 Å². The van der Waals surface area contributed by atoms with Gasteiger partial charge in [-0.05, 0) is 68.5 Å². The van der Waals surface area contributed by atoms with Crippen LogP contribution in [0.2, 0.25) is 0 Å². The minimum Gasteiger partial charge on any atom is -0.488 e. The number of hydrogen-bond acceptors (Lipinski definition) is 3. The van der Waals surface area contributed by atoms with Crippen LogP contribution >= 0.6 is 0 Å². The Balaban J connectivity index is 1.87. The SMILES string of the molecule is CCC(C)(C)Oc1ccc(C2(c3ccc(OC(=O)C(C)C)cc3)CCCCC2)cc1. The predicted octanol–water partition coefficient (Wildman–Crippen LogP) is 7.07. The van der Waals surface area contributed by atoms with E-state index in [0.29, 0.717) is 5.75 Å². The van der Waals surface area contributed by atoms with E-state index < -0.39 is 0 Å². The van der Waals surface area contributed by atoms with Crippen molar-refractivity contribution in [2.45, 2.75) is 84.2 Å². The van der Waals surface area contributed by atoms with Gasteiger partial charge in [-0.3, -0.25) is 4.79 Å². The minimum atomic E-state index is -0.194. The summed E-state index contributed by atoms with van der Waals surface area (Å²) in [5, 5.41) is 0. The molecule has 30 heavy (non-hydrogen) atoms. The molecule has 0 atom stereocenters. The van der Waals surface area contributed by atoms with Crippen molar-refractivity contribution in [1.29, 1.82) is 0 Å². The van der Waals surface area contributed by atoms with Gasteiger partial charge >= 0.3 is 5.97 Å². The Morgan fingerprint density at radius 3 is 1.87 bits per heavy atom. The lowest BCUT2D eigenvalue weighted by Crippen LogP contribution is -2.30. The largest absolute Gasteiger partial charge is 0.488 e. The second-order valence-corrected chi connectivity index (χ2v) is 9.48. The number of esters is 1. The van der Waals surface area contributed by atoms with Gasteiger partial charge in [0, 0.05) is 5.41 Å². The number of carbonyl (C=O) groups is 1. The molecule has 2 aromatic carbocycles. The van der Waals surface area contributed by atoms with Crippen molar-refractivity contribution >= 4 is 5.97 Å². The van der Waals surface area contributed by atoms with Crippen molar-refractivity contribution in [3.05, 3.63) is 59.7 Å². The van der Waals surface area contributed by atoms with Crippen molar-refractivity contribution in [2.75, 3.05) is 0 Å². The molecule has 2 aromatic rings. The maximum absolute atomic E-state index is 11.9. The summed E-state index contributed by atoms with van der Waals surface area (Å²) in [5.74, 6) is 1.22. The normalized spacial score (nSPS) is 16.3. The third-order valence-corrected chi connectivity index (χ3v) is 6.46. The Morgan fingerprint density at radius 2 is 1.40 bits per heavy atom. The van der Waals surface area contributed by atoms with Gasteiger partial charge in [0.05, 0.1) is 5.92 Å². The highest BCUT2D eigenvalue weighted by atomic mass is 16.5. The zero-order valence-electron chi connectivity index (χ0n) is 19.2. The molecule has 0 amide bonds. The fourth-order valence-electron chi connectivity index (χ4n) is 4.21. The summed E-state index contributed by atoms with van der Waals surface area (Å²) in [6.45, 7) is 10.1. The average Bonchev–Trinajstić information content (AvgIpc) is 2.75. The Morgan fingerprint density at radius 1 is 0.900 bits per heavy atom. The monoisotopic (exact) mass is 408 g/mol. The van der Waals surface area contributed by atoms with E-state index in [9.17, 15) is 4.79 Å². The lowest BCUT2D eigenvalue weighted by Gasteiger charge is -2.39. The van der Waals surface area contributed by atoms with Crippen LogP contribution in [0.15, 0.2) is 48.5 Å². The molecule has 0 radical (unpaired) electrons. The predicted molar refractivity (Wildman–Crippen MR) is 122 cm³/mol. The highest BCUT2D eigenvalue weighted by Crippen LogP contribution is 2.45. The van der Waals surface area contributed by atoms with Crippen molar-refractivity contribution in [1.82, 2.24) is 0 Å². The minimum absolute atomic E-state index is 0.0115. The zero-order chi connectivity index (χ0) is 21.8. The molecule has 0 saturated heterocycles. The van der Waals surface area contributed by atoms with Crippen LogP contribution in [0, 0.1) is 5.92 Å². The first kappa shape index (κ1) is 22.4. The number of ether oxygens (including phenoxy) is 2. The first-order valence-electron chi connectivity index (χ1n) is 11.4. The molecule has 0 bridgehead atoms. The molecule has 0 spiro atoms. The summed E-state index contributed by atoms with van der Waals surface area (Å²) in [5.41, 5.74) is 2.50. The van der Waals surface area contributed by atoms with Crippen molar-refractivity contribution in [2.24, 2.45) is 5.92 Å². The van der Waals surface area contributed by atoms with Crippen LogP contribution in [0.25, 0.3) is 0 Å². The Hall–Kier alpha value is -2.29. The average molecular weight is 409 g/mol. The molecule has 1 saturated carbocycles. The number of hydrogen-bond donors (Lipinski definition) is 0. The van der Waals surface area contributed by atoms with Gasteiger partial charge in [-0.25, -0.2) is 0 Å². The second kappa shape index (κ2) is 9.24. The summed E-state index contributed by atoms with van der Waals surface area (Å²) in [6, 6.07) is 16.8. The van der Waals surface area contributed by atoms with E-state index in [1.807, 2.05) is 26.0 Å². The molecule has 162 valence electrons. The summed E-state index contributed by atoms with van der Waals surface area (Å²) in [7, 11) is 0. The van der Waals surface area contributed by atoms with Gasteiger partial charge in [-0.15, -0.1) is 0 Å². The van der Waals surface area contributed by atoms with E-state index in [2.05, 4.69) is 57.2 Å². The van der Waals surface area contributed by atoms with Crippen LogP contribution in [0.1, 0.15) is 84.3 Å². The molecular formula is C27H36O3. The van der Waals surface area contributed by atoms with E-state index in [-0.39, 0.29) is 22.9 Å². The van der Waals surface area contributed by atoms with Gasteiger partial charge in [0.2, 0.25) is 0 Å². The zero-order valence-corrected chi connectivity index (χ0v) is 19.2.